The van der Waals surface area contributed by atoms with E-state index in [4.69, 9.17) is 9.47 Å². The van der Waals surface area contributed by atoms with Crippen LogP contribution in [-0.4, -0.2) is 35.1 Å². The molecule has 3 amide bonds. The van der Waals surface area contributed by atoms with Gasteiger partial charge in [0.05, 0.1) is 16.0 Å². The van der Waals surface area contributed by atoms with Crippen LogP contribution in [0.25, 0.3) is 16.8 Å². The van der Waals surface area contributed by atoms with Crippen molar-refractivity contribution >= 4 is 67.3 Å². The van der Waals surface area contributed by atoms with Crippen LogP contribution in [0.3, 0.4) is 0 Å². The lowest BCUT2D eigenvalue weighted by atomic mass is 10.1. The predicted octanol–water partition coefficient (Wildman–Crippen LogP) is 7.87. The molecule has 1 N–H and O–H groups in total. The molecule has 4 aromatic rings. The second-order valence-electron chi connectivity index (χ2n) is 9.82. The minimum absolute atomic E-state index is 0.220. The number of halogens is 1. The van der Waals surface area contributed by atoms with Gasteiger partial charge in [-0.15, -0.1) is 0 Å². The van der Waals surface area contributed by atoms with Gasteiger partial charge < -0.3 is 14.8 Å². The molecule has 42 heavy (non-hydrogen) atoms. The molecule has 9 heteroatoms. The Morgan fingerprint density at radius 3 is 2.57 bits per heavy atom. The van der Waals surface area contributed by atoms with Gasteiger partial charge in [0.15, 0.2) is 11.5 Å². The molecule has 4 aromatic carbocycles. The summed E-state index contributed by atoms with van der Waals surface area (Å²) in [4.78, 5) is 39.6. The summed E-state index contributed by atoms with van der Waals surface area (Å²) >= 11 is 4.40. The average molecular weight is 646 g/mol. The van der Waals surface area contributed by atoms with Gasteiger partial charge in [-0.2, -0.15) is 0 Å². The molecular weight excluding hydrogens is 616 g/mol. The maximum Gasteiger partial charge on any atom is 0.294 e. The quantitative estimate of drug-likeness (QED) is 0.187. The summed E-state index contributed by atoms with van der Waals surface area (Å²) < 4.78 is 12.8. The number of carbonyl (C=O) groups excluding carboxylic acids is 3. The standard InChI is InChI=1S/C33H29BrN2O5S/c1-4-40-28-16-22(15-26(34)31(28)41-19-24-10-7-9-23-8-5-6-11-25(23)24)17-29-32(38)36(33(39)42-29)18-30(37)35-27-13-12-20(2)14-21(27)3/h5-17H,4,18-19H2,1-3H3,(H,35,37)/b29-17+. The maximum absolute atomic E-state index is 13.1. The number of hydrogen-bond donors (Lipinski definition) is 1. The average Bonchev–Trinajstić information content (AvgIpc) is 3.21. The van der Waals surface area contributed by atoms with Crippen LogP contribution in [0, 0.1) is 13.8 Å². The monoisotopic (exact) mass is 644 g/mol. The molecule has 1 saturated heterocycles. The van der Waals surface area contributed by atoms with Crippen molar-refractivity contribution in [1.29, 1.82) is 0 Å². The zero-order valence-electron chi connectivity index (χ0n) is 23.4. The van der Waals surface area contributed by atoms with Gasteiger partial charge in [-0.1, -0.05) is 60.2 Å². The first kappa shape index (κ1) is 29.4. The molecule has 0 aromatic heterocycles. The number of aryl methyl sites for hydroxylation is 2. The summed E-state index contributed by atoms with van der Waals surface area (Å²) in [6, 6.07) is 23.5. The van der Waals surface area contributed by atoms with Gasteiger partial charge in [0.1, 0.15) is 13.2 Å². The number of rotatable bonds is 9. The summed E-state index contributed by atoms with van der Waals surface area (Å²) in [5, 5.41) is 4.54. The number of thioether (sulfide) groups is 1. The van der Waals surface area contributed by atoms with Crippen LogP contribution < -0.4 is 14.8 Å². The van der Waals surface area contributed by atoms with Crippen LogP contribution in [0.15, 0.2) is 82.2 Å². The highest BCUT2D eigenvalue weighted by atomic mass is 79.9. The third-order valence-corrected chi connectivity index (χ3v) is 8.21. The van der Waals surface area contributed by atoms with E-state index in [-0.39, 0.29) is 11.4 Å². The number of hydrogen-bond acceptors (Lipinski definition) is 6. The summed E-state index contributed by atoms with van der Waals surface area (Å²) in [6.45, 7) is 6.11. The Hall–Kier alpha value is -4.08. The second kappa shape index (κ2) is 12.8. The fourth-order valence-corrected chi connectivity index (χ4v) is 6.13. The van der Waals surface area contributed by atoms with Gasteiger partial charge in [0, 0.05) is 5.69 Å². The van der Waals surface area contributed by atoms with Crippen molar-refractivity contribution in [2.24, 2.45) is 0 Å². The lowest BCUT2D eigenvalue weighted by molar-refractivity contribution is -0.127. The number of amides is 3. The van der Waals surface area contributed by atoms with Gasteiger partial charge in [-0.05, 0) is 100 Å². The number of anilines is 1. The topological polar surface area (TPSA) is 84.9 Å². The number of imide groups is 1. The molecule has 0 radical (unpaired) electrons. The van der Waals surface area contributed by atoms with Crippen LogP contribution in [0.4, 0.5) is 10.5 Å². The molecule has 0 saturated carbocycles. The molecule has 1 fully saturated rings. The fourth-order valence-electron chi connectivity index (χ4n) is 4.72. The van der Waals surface area contributed by atoms with E-state index < -0.39 is 17.1 Å². The third-order valence-electron chi connectivity index (χ3n) is 6.71. The Morgan fingerprint density at radius 1 is 1.00 bits per heavy atom. The van der Waals surface area contributed by atoms with E-state index in [1.807, 2.05) is 63.2 Å². The van der Waals surface area contributed by atoms with Crippen molar-refractivity contribution in [3.63, 3.8) is 0 Å². The number of nitrogens with zero attached hydrogens (tertiary/aromatic N) is 1. The molecule has 0 atom stereocenters. The van der Waals surface area contributed by atoms with Crippen molar-refractivity contribution in [1.82, 2.24) is 4.90 Å². The van der Waals surface area contributed by atoms with Gasteiger partial charge in [-0.25, -0.2) is 0 Å². The van der Waals surface area contributed by atoms with Crippen molar-refractivity contribution in [2.45, 2.75) is 27.4 Å². The number of benzene rings is 4. The van der Waals surface area contributed by atoms with Crippen molar-refractivity contribution in [3.8, 4) is 11.5 Å². The van der Waals surface area contributed by atoms with Gasteiger partial charge in [0.25, 0.3) is 11.1 Å². The van der Waals surface area contributed by atoms with E-state index in [2.05, 4.69) is 39.4 Å². The highest BCUT2D eigenvalue weighted by molar-refractivity contribution is 9.10. The summed E-state index contributed by atoms with van der Waals surface area (Å²) in [7, 11) is 0. The fraction of sp³-hybridized carbons (Fsp3) is 0.182. The highest BCUT2D eigenvalue weighted by Gasteiger charge is 2.36. The molecule has 0 unspecified atom stereocenters. The van der Waals surface area contributed by atoms with Crippen LogP contribution >= 0.6 is 27.7 Å². The molecule has 0 aliphatic carbocycles. The summed E-state index contributed by atoms with van der Waals surface area (Å²) in [6.07, 6.45) is 1.62. The lowest BCUT2D eigenvalue weighted by Crippen LogP contribution is -2.36. The van der Waals surface area contributed by atoms with Crippen LogP contribution in [-0.2, 0) is 16.2 Å². The van der Waals surface area contributed by atoms with Crippen molar-refractivity contribution in [2.75, 3.05) is 18.5 Å². The molecule has 7 nitrogen and oxygen atoms in total. The Balaban J connectivity index is 1.32. The molecule has 0 bridgehead atoms. The number of ether oxygens (including phenoxy) is 2. The van der Waals surface area contributed by atoms with Gasteiger partial charge in [-0.3, -0.25) is 19.3 Å². The minimum Gasteiger partial charge on any atom is -0.490 e. The van der Waals surface area contributed by atoms with Crippen molar-refractivity contribution < 1.29 is 23.9 Å². The molecule has 1 aliphatic rings. The molecular formula is C33H29BrN2O5S. The zero-order valence-corrected chi connectivity index (χ0v) is 25.8. The van der Waals surface area contributed by atoms with Crippen LogP contribution in [0.2, 0.25) is 0 Å². The van der Waals surface area contributed by atoms with E-state index in [9.17, 15) is 14.4 Å². The third kappa shape index (κ3) is 6.53. The Morgan fingerprint density at radius 2 is 1.79 bits per heavy atom. The first-order valence-electron chi connectivity index (χ1n) is 13.4. The van der Waals surface area contributed by atoms with E-state index in [1.165, 1.54) is 0 Å². The number of fused-ring (bicyclic) bond motifs is 1. The summed E-state index contributed by atoms with van der Waals surface area (Å²) in [5.74, 6) is 0.0780. The van der Waals surface area contributed by atoms with Gasteiger partial charge >= 0.3 is 0 Å². The largest absolute Gasteiger partial charge is 0.490 e. The van der Waals surface area contributed by atoms with E-state index in [0.717, 1.165) is 44.1 Å². The first-order chi connectivity index (χ1) is 20.2. The van der Waals surface area contributed by atoms with Crippen molar-refractivity contribution in [3.05, 3.63) is 104 Å². The molecule has 5 rings (SSSR count). The Bertz CT molecular complexity index is 1730. The first-order valence-corrected chi connectivity index (χ1v) is 15.0. The van der Waals surface area contributed by atoms with Crippen LogP contribution in [0.1, 0.15) is 29.2 Å². The molecule has 0 spiro atoms. The molecule has 1 heterocycles. The zero-order chi connectivity index (χ0) is 29.8. The van der Waals surface area contributed by atoms with E-state index >= 15 is 0 Å². The molecule has 1 aliphatic heterocycles. The van der Waals surface area contributed by atoms with Crippen LogP contribution in [0.5, 0.6) is 11.5 Å². The predicted molar refractivity (Wildman–Crippen MR) is 171 cm³/mol. The number of nitrogens with one attached hydrogen (secondary N) is 1. The summed E-state index contributed by atoms with van der Waals surface area (Å²) in [5.41, 5.74) is 4.31. The second-order valence-corrected chi connectivity index (χ2v) is 11.7. The smallest absolute Gasteiger partial charge is 0.294 e. The van der Waals surface area contributed by atoms with E-state index in [1.54, 1.807) is 18.2 Å². The van der Waals surface area contributed by atoms with Gasteiger partial charge in [0.2, 0.25) is 5.91 Å². The van der Waals surface area contributed by atoms with E-state index in [0.29, 0.717) is 40.4 Å². The normalized spacial score (nSPS) is 14.1. The molecule has 214 valence electrons. The highest BCUT2D eigenvalue weighted by Crippen LogP contribution is 2.40. The Kier molecular flexibility index (Phi) is 8.99. The minimum atomic E-state index is -0.522. The number of carbonyl (C=O) groups is 3. The lowest BCUT2D eigenvalue weighted by Gasteiger charge is -2.16. The Labute approximate surface area is 257 Å². The maximum atomic E-state index is 13.1. The SMILES string of the molecule is CCOc1cc(/C=C2/SC(=O)N(CC(=O)Nc3ccc(C)cc3C)C2=O)cc(Br)c1OCc1cccc2ccccc12.